The number of nitrogens with zero attached hydrogens (tertiary/aromatic N) is 2. The lowest BCUT2D eigenvalue weighted by Crippen LogP contribution is -2.30. The van der Waals surface area contributed by atoms with Crippen molar-refractivity contribution >= 4 is 27.8 Å². The highest BCUT2D eigenvalue weighted by atomic mass is 19.1. The summed E-state index contributed by atoms with van der Waals surface area (Å²) in [4.78, 5) is 19.6. The Balaban J connectivity index is 1.42. The smallest absolute Gasteiger partial charge is 0.272 e. The summed E-state index contributed by atoms with van der Waals surface area (Å²) in [6.45, 7) is 0. The Hall–Kier alpha value is -3.30. The number of aromatic nitrogens is 4. The van der Waals surface area contributed by atoms with Crippen molar-refractivity contribution in [3.8, 4) is 11.3 Å². The number of aliphatic hydroxyl groups excluding tert-OH is 1. The number of ether oxygens (including phenoxy) is 1. The molecule has 1 atom stereocenters. The van der Waals surface area contributed by atoms with Gasteiger partial charge in [0.1, 0.15) is 5.82 Å². The van der Waals surface area contributed by atoms with Gasteiger partial charge in [0.15, 0.2) is 0 Å². The minimum atomic E-state index is -1.16. The molecule has 31 heavy (non-hydrogen) atoms. The van der Waals surface area contributed by atoms with Gasteiger partial charge in [-0.3, -0.25) is 4.79 Å². The highest BCUT2D eigenvalue weighted by Crippen LogP contribution is 2.28. The molecule has 0 spiro atoms. The highest BCUT2D eigenvalue weighted by Gasteiger charge is 2.18. The molecule has 2 heterocycles. The molecule has 9 heteroatoms. The van der Waals surface area contributed by atoms with Crippen LogP contribution in [0.1, 0.15) is 32.1 Å². The van der Waals surface area contributed by atoms with Crippen molar-refractivity contribution < 1.29 is 14.2 Å². The first kappa shape index (κ1) is 19.7. The molecule has 1 saturated carbocycles. The van der Waals surface area contributed by atoms with E-state index in [0.717, 1.165) is 31.2 Å². The summed E-state index contributed by atoms with van der Waals surface area (Å²) in [7, 11) is 0. The molecule has 0 radical (unpaired) electrons. The van der Waals surface area contributed by atoms with Crippen LogP contribution < -0.4 is 10.9 Å². The molecule has 0 saturated heterocycles. The zero-order chi connectivity index (χ0) is 21.4. The Morgan fingerprint density at radius 1 is 1.13 bits per heavy atom. The lowest BCUT2D eigenvalue weighted by Gasteiger charge is -2.24. The van der Waals surface area contributed by atoms with Crippen LogP contribution in [-0.2, 0) is 4.74 Å². The van der Waals surface area contributed by atoms with Crippen molar-refractivity contribution in [2.24, 2.45) is 0 Å². The number of nitrogens with one attached hydrogen (secondary N) is 3. The van der Waals surface area contributed by atoms with Gasteiger partial charge >= 0.3 is 0 Å². The van der Waals surface area contributed by atoms with Crippen LogP contribution in [0.15, 0.2) is 41.2 Å². The molecule has 0 aliphatic heterocycles. The fourth-order valence-corrected chi connectivity index (χ4v) is 4.11. The summed E-state index contributed by atoms with van der Waals surface area (Å²) in [5, 5.41) is 20.4. The quantitative estimate of drug-likeness (QED) is 0.364. The molecule has 8 nitrogen and oxygen atoms in total. The molecule has 5 rings (SSSR count). The van der Waals surface area contributed by atoms with Crippen molar-refractivity contribution in [1.82, 2.24) is 20.2 Å². The standard InChI is InChI=1S/C22H22FN5O3/c23-13-7-8-15-16(11-13)19(27-28-20(15)29)12-6-9-17-18(10-12)25-21(24-17)26-22(30)31-14-4-2-1-3-5-14/h6-11,14,22,30H,1-5H2,(H,28,29)(H2,24,25,26). The second kappa shape index (κ2) is 8.09. The maximum atomic E-state index is 13.8. The summed E-state index contributed by atoms with van der Waals surface area (Å²) in [6.07, 6.45) is 4.22. The van der Waals surface area contributed by atoms with Crippen LogP contribution in [0.2, 0.25) is 0 Å². The molecule has 0 amide bonds. The van der Waals surface area contributed by atoms with Gasteiger partial charge in [-0.1, -0.05) is 25.3 Å². The second-order valence-electron chi connectivity index (χ2n) is 7.80. The van der Waals surface area contributed by atoms with E-state index in [9.17, 15) is 14.3 Å². The third-order valence-corrected chi connectivity index (χ3v) is 5.64. The van der Waals surface area contributed by atoms with Crippen molar-refractivity contribution in [3.63, 3.8) is 0 Å². The van der Waals surface area contributed by atoms with Crippen molar-refractivity contribution in [1.29, 1.82) is 0 Å². The van der Waals surface area contributed by atoms with Crippen molar-refractivity contribution in [3.05, 3.63) is 52.6 Å². The van der Waals surface area contributed by atoms with Gasteiger partial charge in [0.25, 0.3) is 5.56 Å². The summed E-state index contributed by atoms with van der Waals surface area (Å²) < 4.78 is 19.5. The van der Waals surface area contributed by atoms with E-state index in [2.05, 4.69) is 25.5 Å². The van der Waals surface area contributed by atoms with Crippen LogP contribution in [0.4, 0.5) is 10.3 Å². The van der Waals surface area contributed by atoms with Gasteiger partial charge in [-0.15, -0.1) is 0 Å². The van der Waals surface area contributed by atoms with Crippen LogP contribution in [-0.4, -0.2) is 37.8 Å². The highest BCUT2D eigenvalue weighted by molar-refractivity contribution is 5.95. The summed E-state index contributed by atoms with van der Waals surface area (Å²) >= 11 is 0. The number of anilines is 1. The Labute approximate surface area is 176 Å². The number of hydrogen-bond acceptors (Lipinski definition) is 6. The Morgan fingerprint density at radius 3 is 2.81 bits per heavy atom. The molecular weight excluding hydrogens is 401 g/mol. The molecule has 1 aliphatic rings. The number of benzene rings is 2. The fourth-order valence-electron chi connectivity index (χ4n) is 4.11. The lowest BCUT2D eigenvalue weighted by atomic mass is 9.98. The average Bonchev–Trinajstić information content (AvgIpc) is 3.15. The molecule has 2 aromatic carbocycles. The number of hydrogen-bond donors (Lipinski definition) is 4. The topological polar surface area (TPSA) is 116 Å². The number of aromatic amines is 2. The van der Waals surface area contributed by atoms with Crippen LogP contribution in [0, 0.1) is 5.82 Å². The van der Waals surface area contributed by atoms with E-state index in [4.69, 9.17) is 4.74 Å². The monoisotopic (exact) mass is 423 g/mol. The summed E-state index contributed by atoms with van der Waals surface area (Å²) in [5.41, 5.74) is 2.13. The van der Waals surface area contributed by atoms with Crippen LogP contribution in [0.5, 0.6) is 0 Å². The molecule has 1 unspecified atom stereocenters. The van der Waals surface area contributed by atoms with Gasteiger partial charge in [0.05, 0.1) is 28.2 Å². The van der Waals surface area contributed by atoms with E-state index in [1.165, 1.54) is 24.6 Å². The van der Waals surface area contributed by atoms with Crippen LogP contribution in [0.3, 0.4) is 0 Å². The summed E-state index contributed by atoms with van der Waals surface area (Å²) in [6, 6.07) is 9.40. The molecule has 2 aromatic heterocycles. The maximum absolute atomic E-state index is 13.8. The Kier molecular flexibility index (Phi) is 5.13. The van der Waals surface area contributed by atoms with Gasteiger partial charge in [0.2, 0.25) is 12.4 Å². The predicted octanol–water partition coefficient (Wildman–Crippen LogP) is 3.64. The number of halogens is 1. The van der Waals surface area contributed by atoms with E-state index >= 15 is 0 Å². The first-order valence-electron chi connectivity index (χ1n) is 10.3. The van der Waals surface area contributed by atoms with E-state index < -0.39 is 12.2 Å². The number of fused-ring (bicyclic) bond motifs is 2. The number of aliphatic hydroxyl groups is 1. The van der Waals surface area contributed by atoms with Crippen molar-refractivity contribution in [2.45, 2.75) is 44.6 Å². The molecular formula is C22H22FN5O3. The zero-order valence-electron chi connectivity index (χ0n) is 16.7. The average molecular weight is 423 g/mol. The zero-order valence-corrected chi connectivity index (χ0v) is 16.7. The fraction of sp³-hybridized carbons (Fsp3) is 0.318. The van der Waals surface area contributed by atoms with E-state index in [0.29, 0.717) is 33.5 Å². The number of rotatable bonds is 5. The van der Waals surface area contributed by atoms with E-state index in [1.54, 1.807) is 6.07 Å². The minimum absolute atomic E-state index is 0.0484. The van der Waals surface area contributed by atoms with Gasteiger partial charge in [-0.2, -0.15) is 5.10 Å². The number of H-pyrrole nitrogens is 2. The van der Waals surface area contributed by atoms with E-state index in [-0.39, 0.29) is 11.7 Å². The van der Waals surface area contributed by atoms with Crippen LogP contribution in [0.25, 0.3) is 33.1 Å². The first-order valence-corrected chi connectivity index (χ1v) is 10.3. The van der Waals surface area contributed by atoms with Crippen molar-refractivity contribution in [2.75, 3.05) is 5.32 Å². The third kappa shape index (κ3) is 4.01. The molecule has 4 N–H and O–H groups in total. The normalized spacial score (nSPS) is 16.1. The molecule has 160 valence electrons. The Bertz CT molecular complexity index is 1300. The van der Waals surface area contributed by atoms with Crippen LogP contribution >= 0.6 is 0 Å². The second-order valence-corrected chi connectivity index (χ2v) is 7.80. The van der Waals surface area contributed by atoms with Gasteiger partial charge in [-0.05, 0) is 43.2 Å². The van der Waals surface area contributed by atoms with Gasteiger partial charge in [0, 0.05) is 10.9 Å². The largest absolute Gasteiger partial charge is 0.351 e. The third-order valence-electron chi connectivity index (χ3n) is 5.64. The molecule has 0 bridgehead atoms. The Morgan fingerprint density at radius 2 is 1.97 bits per heavy atom. The lowest BCUT2D eigenvalue weighted by molar-refractivity contribution is -0.126. The minimum Gasteiger partial charge on any atom is -0.351 e. The van der Waals surface area contributed by atoms with Gasteiger partial charge in [-0.25, -0.2) is 14.5 Å². The maximum Gasteiger partial charge on any atom is 0.272 e. The van der Waals surface area contributed by atoms with Gasteiger partial charge < -0.3 is 20.1 Å². The SMILES string of the molecule is O=c1[nH]nc(-c2ccc3[nH]c(NC(O)OC4CCCCC4)nc3c2)c2cc(F)ccc12. The predicted molar refractivity (Wildman–Crippen MR) is 115 cm³/mol. The molecule has 1 fully saturated rings. The van der Waals surface area contributed by atoms with E-state index in [1.807, 2.05) is 12.1 Å². The molecule has 1 aliphatic carbocycles. The first-order chi connectivity index (χ1) is 15.1. The molecule has 4 aromatic rings. The number of imidazole rings is 1. The summed E-state index contributed by atoms with van der Waals surface area (Å²) in [5.74, 6) is -0.0683.